The second-order valence-electron chi connectivity index (χ2n) is 4.17. The van der Waals surface area contributed by atoms with Crippen molar-refractivity contribution in [3.05, 3.63) is 24.3 Å². The molecule has 0 heterocycles. The van der Waals surface area contributed by atoms with Crippen LogP contribution >= 0.6 is 7.14 Å². The molecule has 1 aromatic rings. The third kappa shape index (κ3) is 2.88. The monoisotopic (exact) mass is 211 g/mol. The molecule has 0 fully saturated rings. The van der Waals surface area contributed by atoms with E-state index in [0.717, 1.165) is 11.0 Å². The Morgan fingerprint density at radius 1 is 1.21 bits per heavy atom. The molecule has 0 spiro atoms. The van der Waals surface area contributed by atoms with Crippen LogP contribution in [0.4, 0.5) is 5.69 Å². The summed E-state index contributed by atoms with van der Waals surface area (Å²) in [5, 5.41) is 4.25. The zero-order valence-corrected chi connectivity index (χ0v) is 10.1. The fraction of sp³-hybridized carbons (Fsp3) is 0.455. The highest BCUT2D eigenvalue weighted by atomic mass is 31.2. The van der Waals surface area contributed by atoms with E-state index in [1.807, 2.05) is 24.3 Å². The Hall–Kier alpha value is -0.750. The van der Waals surface area contributed by atoms with E-state index in [2.05, 4.69) is 19.2 Å². The zero-order valence-electron chi connectivity index (χ0n) is 9.24. The second-order valence-corrected chi connectivity index (χ2v) is 7.35. The van der Waals surface area contributed by atoms with Crippen molar-refractivity contribution in [1.29, 1.82) is 0 Å². The molecular weight excluding hydrogens is 193 g/mol. The molecule has 2 nitrogen and oxygen atoms in total. The van der Waals surface area contributed by atoms with Gasteiger partial charge in [0.1, 0.15) is 7.14 Å². The third-order valence-electron chi connectivity index (χ3n) is 1.93. The maximum Gasteiger partial charge on any atom is 0.111 e. The third-order valence-corrected chi connectivity index (χ3v) is 3.48. The predicted octanol–water partition coefficient (Wildman–Crippen LogP) is 2.75. The average molecular weight is 211 g/mol. The first-order valence-electron chi connectivity index (χ1n) is 4.82. The average Bonchev–Trinajstić information content (AvgIpc) is 2.01. The lowest BCUT2D eigenvalue weighted by Crippen LogP contribution is -2.17. The summed E-state index contributed by atoms with van der Waals surface area (Å²) in [5.41, 5.74) is 0.996. The normalized spacial score (nSPS) is 11.8. The van der Waals surface area contributed by atoms with Crippen molar-refractivity contribution in [2.75, 3.05) is 18.6 Å². The van der Waals surface area contributed by atoms with Crippen LogP contribution in [-0.4, -0.2) is 19.4 Å². The van der Waals surface area contributed by atoms with E-state index in [-0.39, 0.29) is 0 Å². The first kappa shape index (κ1) is 11.3. The van der Waals surface area contributed by atoms with Crippen LogP contribution in [0.5, 0.6) is 0 Å². The molecule has 0 saturated carbocycles. The van der Waals surface area contributed by atoms with Gasteiger partial charge in [-0.25, -0.2) is 0 Å². The van der Waals surface area contributed by atoms with Crippen molar-refractivity contribution >= 4 is 18.1 Å². The van der Waals surface area contributed by atoms with Crippen LogP contribution in [0.25, 0.3) is 0 Å². The van der Waals surface area contributed by atoms with Crippen LogP contribution in [0.15, 0.2) is 24.3 Å². The van der Waals surface area contributed by atoms with Crippen LogP contribution < -0.4 is 10.6 Å². The lowest BCUT2D eigenvalue weighted by atomic mass is 10.3. The summed E-state index contributed by atoms with van der Waals surface area (Å²) in [6, 6.07) is 8.17. The number of nitrogens with one attached hydrogen (secondary N) is 1. The summed E-state index contributed by atoms with van der Waals surface area (Å²) in [6.45, 7) is 7.75. The summed E-state index contributed by atoms with van der Waals surface area (Å²) < 4.78 is 12.0. The molecule has 0 aliphatic carbocycles. The van der Waals surface area contributed by atoms with Gasteiger partial charge in [-0.2, -0.15) is 0 Å². The predicted molar refractivity (Wildman–Crippen MR) is 64.3 cm³/mol. The van der Waals surface area contributed by atoms with Gasteiger partial charge in [-0.1, -0.05) is 12.1 Å². The SMILES string of the molecule is CC(C)Nc1ccccc1P(C)(C)=O. The summed E-state index contributed by atoms with van der Waals surface area (Å²) in [6.07, 6.45) is 0. The highest BCUT2D eigenvalue weighted by Crippen LogP contribution is 2.37. The lowest BCUT2D eigenvalue weighted by molar-refractivity contribution is 0.588. The summed E-state index contributed by atoms with van der Waals surface area (Å²) in [7, 11) is -2.17. The first-order chi connectivity index (χ1) is 6.41. The topological polar surface area (TPSA) is 29.1 Å². The molecule has 1 rings (SSSR count). The minimum absolute atomic E-state index is 0.364. The summed E-state index contributed by atoms with van der Waals surface area (Å²) in [4.78, 5) is 0. The van der Waals surface area contributed by atoms with Gasteiger partial charge in [-0.05, 0) is 39.3 Å². The van der Waals surface area contributed by atoms with Gasteiger partial charge in [0.2, 0.25) is 0 Å². The smallest absolute Gasteiger partial charge is 0.111 e. The van der Waals surface area contributed by atoms with Gasteiger partial charge in [-0.15, -0.1) is 0 Å². The molecule has 3 heteroatoms. The van der Waals surface area contributed by atoms with Crippen LogP contribution in [-0.2, 0) is 4.57 Å². The van der Waals surface area contributed by atoms with E-state index in [0.29, 0.717) is 6.04 Å². The molecule has 0 amide bonds. The van der Waals surface area contributed by atoms with Crippen LogP contribution in [0, 0.1) is 0 Å². The Labute approximate surface area is 86.1 Å². The minimum Gasteiger partial charge on any atom is -0.382 e. The maximum absolute atomic E-state index is 12.0. The van der Waals surface area contributed by atoms with Crippen molar-refractivity contribution in [1.82, 2.24) is 0 Å². The molecule has 1 aromatic carbocycles. The molecule has 0 aliphatic heterocycles. The molecule has 1 N–H and O–H groups in total. The second kappa shape index (κ2) is 4.18. The quantitative estimate of drug-likeness (QED) is 0.779. The highest BCUT2D eigenvalue weighted by molar-refractivity contribution is 7.70. The Bertz CT molecular complexity index is 354. The number of benzene rings is 1. The Balaban J connectivity index is 3.10. The Morgan fingerprint density at radius 3 is 2.29 bits per heavy atom. The molecule has 0 bridgehead atoms. The van der Waals surface area contributed by atoms with Gasteiger partial charge < -0.3 is 9.88 Å². The number of hydrogen-bond acceptors (Lipinski definition) is 2. The zero-order chi connectivity index (χ0) is 10.8. The van der Waals surface area contributed by atoms with E-state index >= 15 is 0 Å². The molecule has 0 atom stereocenters. The molecule has 14 heavy (non-hydrogen) atoms. The fourth-order valence-electron chi connectivity index (χ4n) is 1.38. The van der Waals surface area contributed by atoms with Crippen LogP contribution in [0.1, 0.15) is 13.8 Å². The van der Waals surface area contributed by atoms with E-state index in [4.69, 9.17) is 0 Å². The molecule has 0 unspecified atom stereocenters. The maximum atomic E-state index is 12.0. The van der Waals surface area contributed by atoms with Gasteiger partial charge >= 0.3 is 0 Å². The summed E-state index contributed by atoms with van der Waals surface area (Å²) >= 11 is 0. The van der Waals surface area contributed by atoms with Gasteiger partial charge in [0.15, 0.2) is 0 Å². The minimum atomic E-state index is -2.17. The largest absolute Gasteiger partial charge is 0.382 e. The molecule has 78 valence electrons. The van der Waals surface area contributed by atoms with Crippen molar-refractivity contribution in [2.45, 2.75) is 19.9 Å². The lowest BCUT2D eigenvalue weighted by Gasteiger charge is -2.16. The number of para-hydroxylation sites is 1. The fourth-order valence-corrected chi connectivity index (χ4v) is 2.54. The molecule has 0 aromatic heterocycles. The van der Waals surface area contributed by atoms with Gasteiger partial charge in [-0.3, -0.25) is 0 Å². The van der Waals surface area contributed by atoms with Gasteiger partial charge in [0.05, 0.1) is 0 Å². The van der Waals surface area contributed by atoms with Crippen molar-refractivity contribution in [2.24, 2.45) is 0 Å². The van der Waals surface area contributed by atoms with Crippen LogP contribution in [0.2, 0.25) is 0 Å². The van der Waals surface area contributed by atoms with E-state index in [1.165, 1.54) is 0 Å². The number of anilines is 1. The Morgan fingerprint density at radius 2 is 1.79 bits per heavy atom. The highest BCUT2D eigenvalue weighted by Gasteiger charge is 2.15. The Kier molecular flexibility index (Phi) is 3.38. The van der Waals surface area contributed by atoms with E-state index < -0.39 is 7.14 Å². The molecular formula is C11H18NOP. The molecule has 0 saturated heterocycles. The first-order valence-corrected chi connectivity index (χ1v) is 7.42. The van der Waals surface area contributed by atoms with Crippen molar-refractivity contribution in [3.63, 3.8) is 0 Å². The summed E-state index contributed by atoms with van der Waals surface area (Å²) in [5.74, 6) is 0. The van der Waals surface area contributed by atoms with Gasteiger partial charge in [0, 0.05) is 17.0 Å². The van der Waals surface area contributed by atoms with Crippen molar-refractivity contribution < 1.29 is 4.57 Å². The van der Waals surface area contributed by atoms with E-state index in [9.17, 15) is 4.57 Å². The molecule has 0 aliphatic rings. The standard InChI is InChI=1S/C11H18NOP/c1-9(2)12-10-7-5-6-8-11(10)14(3,4)13/h5-9,12H,1-4H3. The van der Waals surface area contributed by atoms with Crippen molar-refractivity contribution in [3.8, 4) is 0 Å². The molecule has 0 radical (unpaired) electrons. The number of rotatable bonds is 3. The van der Waals surface area contributed by atoms with E-state index in [1.54, 1.807) is 13.3 Å². The number of hydrogen-bond donors (Lipinski definition) is 1. The van der Waals surface area contributed by atoms with Gasteiger partial charge in [0.25, 0.3) is 0 Å². The van der Waals surface area contributed by atoms with Crippen LogP contribution in [0.3, 0.4) is 0 Å².